The molecule has 0 aliphatic heterocycles. The summed E-state index contributed by atoms with van der Waals surface area (Å²) in [7, 11) is 0. The van der Waals surface area contributed by atoms with Crippen molar-refractivity contribution in [3.8, 4) is 0 Å². The predicted octanol–water partition coefficient (Wildman–Crippen LogP) is 4.38. The zero-order chi connectivity index (χ0) is 12.0. The number of nitrogens with zero attached hydrogens (tertiary/aromatic N) is 2. The second-order valence-corrected chi connectivity index (χ2v) is 4.53. The Kier molecular flexibility index (Phi) is 3.89. The van der Waals surface area contributed by atoms with Crippen molar-refractivity contribution in [3.63, 3.8) is 0 Å². The van der Waals surface area contributed by atoms with Gasteiger partial charge < -0.3 is 0 Å². The van der Waals surface area contributed by atoms with Crippen molar-refractivity contribution >= 4 is 11.7 Å². The molecule has 0 N–H and O–H groups in total. The Balaban J connectivity index is 2.13. The SMILES string of the molecule is C=CC1(N=C=Nc2ccccc2)CCCCC1. The summed E-state index contributed by atoms with van der Waals surface area (Å²) in [4.78, 5) is 8.72. The Morgan fingerprint density at radius 1 is 1.12 bits per heavy atom. The van der Waals surface area contributed by atoms with E-state index in [2.05, 4.69) is 22.6 Å². The van der Waals surface area contributed by atoms with Crippen LogP contribution in [0.15, 0.2) is 53.0 Å². The second-order valence-electron chi connectivity index (χ2n) is 4.53. The van der Waals surface area contributed by atoms with Crippen LogP contribution in [0.4, 0.5) is 5.69 Å². The summed E-state index contributed by atoms with van der Waals surface area (Å²) in [5.74, 6) is 0. The van der Waals surface area contributed by atoms with Gasteiger partial charge in [0, 0.05) is 0 Å². The monoisotopic (exact) mass is 226 g/mol. The summed E-state index contributed by atoms with van der Waals surface area (Å²) in [6, 6.07) is 12.6. The Morgan fingerprint density at radius 2 is 1.82 bits per heavy atom. The van der Waals surface area contributed by atoms with Gasteiger partial charge in [-0.05, 0) is 25.0 Å². The van der Waals surface area contributed by atoms with Crippen molar-refractivity contribution in [2.45, 2.75) is 37.6 Å². The highest BCUT2D eigenvalue weighted by Crippen LogP contribution is 2.32. The van der Waals surface area contributed by atoms with Crippen molar-refractivity contribution in [3.05, 3.63) is 43.0 Å². The summed E-state index contributed by atoms with van der Waals surface area (Å²) in [5.41, 5.74) is 0.780. The molecular weight excluding hydrogens is 208 g/mol. The third kappa shape index (κ3) is 3.15. The maximum atomic E-state index is 4.49. The number of benzene rings is 1. The zero-order valence-electron chi connectivity index (χ0n) is 10.1. The highest BCUT2D eigenvalue weighted by molar-refractivity contribution is 5.53. The fourth-order valence-corrected chi connectivity index (χ4v) is 2.21. The van der Waals surface area contributed by atoms with E-state index >= 15 is 0 Å². The molecule has 2 rings (SSSR count). The average Bonchev–Trinajstić information content (AvgIpc) is 2.41. The lowest BCUT2D eigenvalue weighted by atomic mass is 9.82. The molecule has 17 heavy (non-hydrogen) atoms. The summed E-state index contributed by atoms with van der Waals surface area (Å²) >= 11 is 0. The predicted molar refractivity (Wildman–Crippen MR) is 72.0 cm³/mol. The van der Waals surface area contributed by atoms with Gasteiger partial charge in [-0.15, -0.1) is 6.58 Å². The molecule has 1 saturated carbocycles. The second kappa shape index (κ2) is 5.60. The van der Waals surface area contributed by atoms with E-state index < -0.39 is 0 Å². The molecule has 0 spiro atoms. The molecule has 2 heteroatoms. The zero-order valence-corrected chi connectivity index (χ0v) is 10.1. The van der Waals surface area contributed by atoms with Crippen LogP contribution in [0.5, 0.6) is 0 Å². The fourth-order valence-electron chi connectivity index (χ4n) is 2.21. The van der Waals surface area contributed by atoms with Crippen LogP contribution in [0.25, 0.3) is 0 Å². The van der Waals surface area contributed by atoms with Gasteiger partial charge in [0.2, 0.25) is 0 Å². The van der Waals surface area contributed by atoms with Crippen molar-refractivity contribution in [2.24, 2.45) is 9.98 Å². The summed E-state index contributed by atoms with van der Waals surface area (Å²) < 4.78 is 0. The molecule has 0 saturated heterocycles. The van der Waals surface area contributed by atoms with E-state index in [-0.39, 0.29) is 5.54 Å². The lowest BCUT2D eigenvalue weighted by molar-refractivity contribution is 0.363. The molecule has 0 unspecified atom stereocenters. The fraction of sp³-hybridized carbons (Fsp3) is 0.400. The van der Waals surface area contributed by atoms with Crippen LogP contribution >= 0.6 is 0 Å². The Morgan fingerprint density at radius 3 is 2.47 bits per heavy atom. The normalized spacial score (nSPS) is 17.9. The van der Waals surface area contributed by atoms with Gasteiger partial charge in [0.25, 0.3) is 0 Å². The topological polar surface area (TPSA) is 24.7 Å². The van der Waals surface area contributed by atoms with Crippen molar-refractivity contribution < 1.29 is 0 Å². The van der Waals surface area contributed by atoms with Gasteiger partial charge in [0.15, 0.2) is 0 Å². The first-order valence-corrected chi connectivity index (χ1v) is 6.21. The average molecular weight is 226 g/mol. The van der Waals surface area contributed by atoms with Crippen LogP contribution in [0.1, 0.15) is 32.1 Å². The molecule has 1 aliphatic rings. The van der Waals surface area contributed by atoms with Gasteiger partial charge in [-0.25, -0.2) is 4.99 Å². The first-order valence-electron chi connectivity index (χ1n) is 6.21. The minimum absolute atomic E-state index is 0.115. The first-order chi connectivity index (χ1) is 8.35. The van der Waals surface area contributed by atoms with E-state index in [4.69, 9.17) is 0 Å². The van der Waals surface area contributed by atoms with Gasteiger partial charge in [-0.1, -0.05) is 43.5 Å². The minimum atomic E-state index is -0.115. The van der Waals surface area contributed by atoms with E-state index in [1.54, 1.807) is 0 Å². The largest absolute Gasteiger partial charge is 0.214 e. The molecule has 2 nitrogen and oxygen atoms in total. The summed E-state index contributed by atoms with van der Waals surface area (Å²) in [6.45, 7) is 3.91. The van der Waals surface area contributed by atoms with Gasteiger partial charge >= 0.3 is 0 Å². The van der Waals surface area contributed by atoms with Crippen LogP contribution in [0.3, 0.4) is 0 Å². The standard InChI is InChI=1S/C15H18N2/c1-2-15(11-7-4-8-12-15)17-13-16-14-9-5-3-6-10-14/h2-3,5-6,9-10H,1,4,7-8,11-12H2. The molecule has 1 fully saturated rings. The van der Waals surface area contributed by atoms with Crippen LogP contribution in [-0.2, 0) is 0 Å². The van der Waals surface area contributed by atoms with Crippen molar-refractivity contribution in [2.75, 3.05) is 0 Å². The smallest absolute Gasteiger partial charge is 0.0958 e. The molecule has 0 bridgehead atoms. The van der Waals surface area contributed by atoms with E-state index in [1.165, 1.54) is 19.3 Å². The molecule has 0 radical (unpaired) electrons. The Bertz CT molecular complexity index is 421. The molecule has 1 aromatic rings. The molecule has 88 valence electrons. The highest BCUT2D eigenvalue weighted by atomic mass is 14.9. The number of aliphatic imine (C=N–C) groups is 2. The maximum Gasteiger partial charge on any atom is 0.0958 e. The molecule has 1 aromatic carbocycles. The molecule has 0 aromatic heterocycles. The quantitative estimate of drug-likeness (QED) is 0.539. The highest BCUT2D eigenvalue weighted by Gasteiger charge is 2.27. The van der Waals surface area contributed by atoms with Crippen LogP contribution in [0.2, 0.25) is 0 Å². The molecule has 1 aliphatic carbocycles. The summed E-state index contributed by atoms with van der Waals surface area (Å²) in [5, 5.41) is 0. The van der Waals surface area contributed by atoms with Crippen LogP contribution in [0, 0.1) is 0 Å². The van der Waals surface area contributed by atoms with E-state index in [1.807, 2.05) is 36.4 Å². The van der Waals surface area contributed by atoms with Gasteiger partial charge in [-0.2, -0.15) is 4.99 Å². The minimum Gasteiger partial charge on any atom is -0.214 e. The van der Waals surface area contributed by atoms with Gasteiger partial charge in [-0.3, -0.25) is 0 Å². The first kappa shape index (κ1) is 11.8. The molecule has 0 heterocycles. The Hall–Kier alpha value is -1.66. The third-order valence-electron chi connectivity index (χ3n) is 3.31. The van der Waals surface area contributed by atoms with E-state index in [9.17, 15) is 0 Å². The Labute approximate surface area is 103 Å². The molecule has 0 amide bonds. The number of hydrogen-bond donors (Lipinski definition) is 0. The van der Waals surface area contributed by atoms with Crippen LogP contribution < -0.4 is 0 Å². The number of para-hydroxylation sites is 1. The molecular formula is C15H18N2. The van der Waals surface area contributed by atoms with Crippen molar-refractivity contribution in [1.29, 1.82) is 0 Å². The van der Waals surface area contributed by atoms with E-state index in [0.29, 0.717) is 0 Å². The van der Waals surface area contributed by atoms with Gasteiger partial charge in [0.1, 0.15) is 0 Å². The lowest BCUT2D eigenvalue weighted by Gasteiger charge is -2.28. The van der Waals surface area contributed by atoms with Crippen LogP contribution in [-0.4, -0.2) is 11.5 Å². The lowest BCUT2D eigenvalue weighted by Crippen LogP contribution is -2.26. The van der Waals surface area contributed by atoms with Gasteiger partial charge in [0.05, 0.1) is 17.2 Å². The van der Waals surface area contributed by atoms with E-state index in [0.717, 1.165) is 18.5 Å². The number of rotatable bonds is 3. The maximum absolute atomic E-state index is 4.49. The molecule has 0 atom stereocenters. The van der Waals surface area contributed by atoms with Crippen molar-refractivity contribution in [1.82, 2.24) is 0 Å². The summed E-state index contributed by atoms with van der Waals surface area (Å²) in [6.07, 6.45) is 7.87. The number of hydrogen-bond acceptors (Lipinski definition) is 2. The third-order valence-corrected chi connectivity index (χ3v) is 3.31.